The number of aromatic nitrogens is 5. The molecule has 8 heteroatoms. The van der Waals surface area contributed by atoms with Crippen molar-refractivity contribution < 1.29 is 4.42 Å². The van der Waals surface area contributed by atoms with E-state index in [0.29, 0.717) is 18.7 Å². The Morgan fingerprint density at radius 1 is 1.18 bits per heavy atom. The number of aryl methyl sites for hydroxylation is 2. The zero-order valence-electron chi connectivity index (χ0n) is 20.2. The lowest BCUT2D eigenvalue weighted by Gasteiger charge is -2.31. The maximum Gasteiger partial charge on any atom is 0.252 e. The number of fused-ring (bicyclic) bond motifs is 1. The largest absolute Gasteiger partial charge is 0.468 e. The molecule has 0 aliphatic carbocycles. The molecular formula is C25H32N6O2. The van der Waals surface area contributed by atoms with Crippen LogP contribution in [-0.4, -0.2) is 30.1 Å². The van der Waals surface area contributed by atoms with Crippen LogP contribution in [0.2, 0.25) is 0 Å². The van der Waals surface area contributed by atoms with Gasteiger partial charge in [0.2, 0.25) is 0 Å². The molecule has 4 rings (SSSR count). The molecule has 174 valence electrons. The number of nitrogens with zero attached hydrogens (tertiary/aromatic N) is 5. The third-order valence-corrected chi connectivity index (χ3v) is 5.96. The van der Waals surface area contributed by atoms with Crippen LogP contribution < -0.4 is 5.56 Å². The number of H-pyrrole nitrogens is 1. The van der Waals surface area contributed by atoms with Crippen LogP contribution >= 0.6 is 0 Å². The van der Waals surface area contributed by atoms with Crippen LogP contribution in [-0.2, 0) is 18.6 Å². The maximum atomic E-state index is 13.1. The highest BCUT2D eigenvalue weighted by Gasteiger charge is 2.30. The molecule has 3 heterocycles. The van der Waals surface area contributed by atoms with Crippen molar-refractivity contribution in [3.05, 3.63) is 75.2 Å². The summed E-state index contributed by atoms with van der Waals surface area (Å²) in [6.45, 7) is 13.4. The first-order chi connectivity index (χ1) is 15.7. The first-order valence-corrected chi connectivity index (χ1v) is 11.4. The quantitative estimate of drug-likeness (QED) is 0.443. The van der Waals surface area contributed by atoms with E-state index in [1.807, 2.05) is 35.9 Å². The summed E-state index contributed by atoms with van der Waals surface area (Å²) >= 11 is 0. The highest BCUT2D eigenvalue weighted by molar-refractivity contribution is 5.83. The predicted molar refractivity (Wildman–Crippen MR) is 128 cm³/mol. The Morgan fingerprint density at radius 3 is 2.64 bits per heavy atom. The molecule has 0 unspecified atom stereocenters. The molecular weight excluding hydrogens is 416 g/mol. The SMILES string of the molecule is CC[C@@H](c1nnnn1C(C)(C)C)N(Cc1ccco1)Cc1cc2c(C)cc(C)cc2[nH]c1=O. The van der Waals surface area contributed by atoms with Gasteiger partial charge in [-0.15, -0.1) is 5.10 Å². The second-order valence-electron chi connectivity index (χ2n) is 9.69. The Labute approximate surface area is 193 Å². The molecule has 33 heavy (non-hydrogen) atoms. The number of rotatable bonds is 7. The number of aromatic amines is 1. The number of hydrogen-bond donors (Lipinski definition) is 1. The number of tetrazole rings is 1. The summed E-state index contributed by atoms with van der Waals surface area (Å²) in [5, 5.41) is 13.7. The fourth-order valence-corrected chi connectivity index (χ4v) is 4.42. The van der Waals surface area contributed by atoms with E-state index in [2.05, 4.69) is 66.1 Å². The Balaban J connectivity index is 1.78. The van der Waals surface area contributed by atoms with Crippen LogP contribution in [0, 0.1) is 13.8 Å². The Bertz CT molecular complexity index is 1300. The van der Waals surface area contributed by atoms with E-state index in [9.17, 15) is 4.79 Å². The van der Waals surface area contributed by atoms with Gasteiger partial charge in [-0.1, -0.05) is 13.0 Å². The fraction of sp³-hybridized carbons (Fsp3) is 0.440. The van der Waals surface area contributed by atoms with Gasteiger partial charge in [0.05, 0.1) is 24.4 Å². The lowest BCUT2D eigenvalue weighted by Crippen LogP contribution is -2.35. The first-order valence-electron chi connectivity index (χ1n) is 11.4. The van der Waals surface area contributed by atoms with Crippen LogP contribution in [0.1, 0.15) is 68.4 Å². The van der Waals surface area contributed by atoms with Crippen molar-refractivity contribution in [2.75, 3.05) is 0 Å². The predicted octanol–water partition coefficient (Wildman–Crippen LogP) is 4.63. The highest BCUT2D eigenvalue weighted by Crippen LogP contribution is 2.29. The van der Waals surface area contributed by atoms with Gasteiger partial charge in [0.15, 0.2) is 5.82 Å². The molecule has 1 N–H and O–H groups in total. The van der Waals surface area contributed by atoms with E-state index in [1.54, 1.807) is 6.26 Å². The number of hydrogen-bond acceptors (Lipinski definition) is 6. The molecule has 0 aliphatic heterocycles. The van der Waals surface area contributed by atoms with E-state index >= 15 is 0 Å². The molecule has 1 atom stereocenters. The Kier molecular flexibility index (Phi) is 6.21. The van der Waals surface area contributed by atoms with Gasteiger partial charge in [0.25, 0.3) is 5.56 Å². The number of furan rings is 1. The summed E-state index contributed by atoms with van der Waals surface area (Å²) in [6.07, 6.45) is 2.45. The van der Waals surface area contributed by atoms with Gasteiger partial charge in [0.1, 0.15) is 5.76 Å². The molecule has 1 aromatic carbocycles. The smallest absolute Gasteiger partial charge is 0.252 e. The van der Waals surface area contributed by atoms with Gasteiger partial charge in [-0.2, -0.15) is 0 Å². The van der Waals surface area contributed by atoms with Gasteiger partial charge >= 0.3 is 0 Å². The molecule has 0 aliphatic rings. The fourth-order valence-electron chi connectivity index (χ4n) is 4.42. The lowest BCUT2D eigenvalue weighted by molar-refractivity contribution is 0.142. The molecule has 4 aromatic rings. The van der Waals surface area contributed by atoms with Crippen molar-refractivity contribution >= 4 is 10.9 Å². The van der Waals surface area contributed by atoms with Crippen molar-refractivity contribution in [2.24, 2.45) is 0 Å². The van der Waals surface area contributed by atoms with Gasteiger partial charge < -0.3 is 9.40 Å². The second-order valence-corrected chi connectivity index (χ2v) is 9.69. The second kappa shape index (κ2) is 8.94. The standard InChI is InChI=1S/C25H32N6O2/c1-7-22(23-27-28-29-31(23)25(4,5)6)30(15-19-9-8-10-33-19)14-18-13-20-17(3)11-16(2)12-21(20)26-24(18)32/h8-13,22H,7,14-15H2,1-6H3,(H,26,32)/t22-/m0/s1. The van der Waals surface area contributed by atoms with E-state index in [1.165, 1.54) is 0 Å². The summed E-state index contributed by atoms with van der Waals surface area (Å²) in [6, 6.07) is 9.89. The average molecular weight is 449 g/mol. The third kappa shape index (κ3) is 4.75. The molecule has 0 bridgehead atoms. The van der Waals surface area contributed by atoms with Crippen LogP contribution in [0.15, 0.2) is 45.8 Å². The van der Waals surface area contributed by atoms with Gasteiger partial charge in [-0.25, -0.2) is 4.68 Å². The lowest BCUT2D eigenvalue weighted by atomic mass is 10.0. The minimum atomic E-state index is -0.266. The van der Waals surface area contributed by atoms with Gasteiger partial charge in [-0.05, 0) is 86.9 Å². The number of pyridine rings is 1. The summed E-state index contributed by atoms with van der Waals surface area (Å²) in [7, 11) is 0. The summed E-state index contributed by atoms with van der Waals surface area (Å²) in [4.78, 5) is 18.4. The normalized spacial score (nSPS) is 13.2. The monoisotopic (exact) mass is 448 g/mol. The molecule has 8 nitrogen and oxygen atoms in total. The summed E-state index contributed by atoms with van der Waals surface area (Å²) in [5.41, 5.74) is 3.49. The van der Waals surface area contributed by atoms with Crippen LogP contribution in [0.25, 0.3) is 10.9 Å². The average Bonchev–Trinajstić information content (AvgIpc) is 3.41. The molecule has 0 saturated heterocycles. The van der Waals surface area contributed by atoms with Crippen LogP contribution in [0.5, 0.6) is 0 Å². The molecule has 0 saturated carbocycles. The molecule has 3 aromatic heterocycles. The minimum absolute atomic E-state index is 0.0813. The Morgan fingerprint density at radius 2 is 1.97 bits per heavy atom. The zero-order chi connectivity index (χ0) is 23.8. The topological polar surface area (TPSA) is 92.8 Å². The van der Waals surface area contributed by atoms with Crippen molar-refractivity contribution in [3.63, 3.8) is 0 Å². The summed E-state index contributed by atoms with van der Waals surface area (Å²) < 4.78 is 7.53. The van der Waals surface area contributed by atoms with E-state index in [4.69, 9.17) is 4.42 Å². The minimum Gasteiger partial charge on any atom is -0.468 e. The zero-order valence-corrected chi connectivity index (χ0v) is 20.2. The third-order valence-electron chi connectivity index (χ3n) is 5.96. The Hall–Kier alpha value is -3.26. The van der Waals surface area contributed by atoms with E-state index in [0.717, 1.165) is 40.0 Å². The molecule has 0 fully saturated rings. The maximum absolute atomic E-state index is 13.1. The van der Waals surface area contributed by atoms with Crippen LogP contribution in [0.3, 0.4) is 0 Å². The highest BCUT2D eigenvalue weighted by atomic mass is 16.3. The molecule has 0 spiro atoms. The van der Waals surface area contributed by atoms with Crippen molar-refractivity contribution in [2.45, 2.75) is 72.6 Å². The molecule has 0 amide bonds. The van der Waals surface area contributed by atoms with Crippen LogP contribution in [0.4, 0.5) is 0 Å². The van der Waals surface area contributed by atoms with Crippen molar-refractivity contribution in [1.29, 1.82) is 0 Å². The van der Waals surface area contributed by atoms with E-state index < -0.39 is 0 Å². The van der Waals surface area contributed by atoms with E-state index in [-0.39, 0.29) is 17.1 Å². The van der Waals surface area contributed by atoms with Gasteiger partial charge in [0, 0.05) is 23.0 Å². The van der Waals surface area contributed by atoms with Gasteiger partial charge in [-0.3, -0.25) is 9.69 Å². The number of benzene rings is 1. The number of nitrogens with one attached hydrogen (secondary N) is 1. The first kappa shape index (κ1) is 22.9. The van der Waals surface area contributed by atoms with Crippen molar-refractivity contribution in [1.82, 2.24) is 30.1 Å². The molecule has 0 radical (unpaired) electrons. The van der Waals surface area contributed by atoms with Crippen molar-refractivity contribution in [3.8, 4) is 0 Å². The summed E-state index contributed by atoms with van der Waals surface area (Å²) in [5.74, 6) is 1.60.